The van der Waals surface area contributed by atoms with Gasteiger partial charge in [0.05, 0.1) is 22.4 Å². The normalized spacial score (nSPS) is 14.0. The Morgan fingerprint density at radius 2 is 1.18 bits per heavy atom. The second kappa shape index (κ2) is 11.1. The summed E-state index contributed by atoms with van der Waals surface area (Å²) >= 11 is 0. The fourth-order valence-electron chi connectivity index (χ4n) is 9.83. The van der Waals surface area contributed by atoms with Gasteiger partial charge in [0.1, 0.15) is 0 Å². The van der Waals surface area contributed by atoms with Gasteiger partial charge in [-0.2, -0.15) is 0 Å². The monoisotopic (exact) mass is 701 g/mol. The number of aromatic nitrogens is 3. The van der Waals surface area contributed by atoms with E-state index in [2.05, 4.69) is 182 Å². The third-order valence-corrected chi connectivity index (χ3v) is 12.3. The minimum atomic E-state index is -0.124. The third kappa shape index (κ3) is 4.32. The predicted molar refractivity (Wildman–Crippen MR) is 230 cm³/mol. The van der Waals surface area contributed by atoms with E-state index in [4.69, 9.17) is 9.97 Å². The summed E-state index contributed by atoms with van der Waals surface area (Å²) in [6, 6.07) is 55.2. The number of fused-ring (bicyclic) bond motifs is 10. The number of benzene rings is 8. The summed E-state index contributed by atoms with van der Waals surface area (Å²) in [5, 5.41) is 9.96. The number of hydrogen-bond donors (Lipinski definition) is 0. The van der Waals surface area contributed by atoms with Crippen LogP contribution >= 0.6 is 0 Å². The SMILES string of the molecule is CC1(C)c2ccccc2-c2cc3c4c(c5c(cc4c21)c1ccccc1n5-c1nc(-c2ccc4ccccc4c2)cc(-c2ccc4ccccc4c2)n1)CC=C3. The lowest BCUT2D eigenvalue weighted by Gasteiger charge is -2.26. The second-order valence-corrected chi connectivity index (χ2v) is 15.8. The number of nitrogens with zero attached hydrogens (tertiary/aromatic N) is 3. The first-order valence-corrected chi connectivity index (χ1v) is 19.2. The van der Waals surface area contributed by atoms with Gasteiger partial charge in [-0.3, -0.25) is 4.57 Å². The summed E-state index contributed by atoms with van der Waals surface area (Å²) in [6.45, 7) is 4.79. The van der Waals surface area contributed by atoms with Gasteiger partial charge in [-0.25, -0.2) is 9.97 Å². The third-order valence-electron chi connectivity index (χ3n) is 12.3. The molecular weight excluding hydrogens is 667 g/mol. The van der Waals surface area contributed by atoms with Gasteiger partial charge < -0.3 is 0 Å². The number of para-hydroxylation sites is 1. The lowest BCUT2D eigenvalue weighted by atomic mass is 9.78. The molecule has 2 heterocycles. The highest BCUT2D eigenvalue weighted by Gasteiger charge is 2.38. The predicted octanol–water partition coefficient (Wildman–Crippen LogP) is 13.2. The van der Waals surface area contributed by atoms with Crippen LogP contribution in [0.4, 0.5) is 0 Å². The Morgan fingerprint density at radius 1 is 0.545 bits per heavy atom. The molecule has 2 aliphatic rings. The summed E-state index contributed by atoms with van der Waals surface area (Å²) in [5.41, 5.74) is 14.3. The molecule has 0 unspecified atom stereocenters. The fraction of sp³-hybridized carbons (Fsp3) is 0.0769. The maximum absolute atomic E-state index is 5.48. The zero-order chi connectivity index (χ0) is 36.4. The van der Waals surface area contributed by atoms with Crippen molar-refractivity contribution in [2.24, 2.45) is 0 Å². The Morgan fingerprint density at radius 3 is 1.91 bits per heavy atom. The van der Waals surface area contributed by atoms with E-state index in [1.807, 2.05) is 0 Å². The highest BCUT2D eigenvalue weighted by atomic mass is 15.2. The first-order chi connectivity index (χ1) is 27.0. The van der Waals surface area contributed by atoms with Crippen molar-refractivity contribution in [3.8, 4) is 39.6 Å². The van der Waals surface area contributed by atoms with Crippen LogP contribution in [-0.2, 0) is 11.8 Å². The van der Waals surface area contributed by atoms with Crippen LogP contribution in [0.3, 0.4) is 0 Å². The van der Waals surface area contributed by atoms with Crippen LogP contribution in [0.15, 0.2) is 158 Å². The molecule has 2 aromatic heterocycles. The van der Waals surface area contributed by atoms with Crippen LogP contribution in [0.5, 0.6) is 0 Å². The Balaban J connectivity index is 1.18. The Labute approximate surface area is 318 Å². The van der Waals surface area contributed by atoms with Crippen LogP contribution in [-0.4, -0.2) is 14.5 Å². The van der Waals surface area contributed by atoms with Gasteiger partial charge in [0, 0.05) is 27.3 Å². The lowest BCUT2D eigenvalue weighted by molar-refractivity contribution is 0.666. The zero-order valence-electron chi connectivity index (χ0n) is 30.6. The van der Waals surface area contributed by atoms with Crippen LogP contribution in [0.2, 0.25) is 0 Å². The van der Waals surface area contributed by atoms with Gasteiger partial charge in [0.15, 0.2) is 0 Å². The summed E-state index contributed by atoms with van der Waals surface area (Å²) in [4.78, 5) is 11.0. The first-order valence-electron chi connectivity index (χ1n) is 19.2. The maximum Gasteiger partial charge on any atom is 0.235 e. The summed E-state index contributed by atoms with van der Waals surface area (Å²) in [7, 11) is 0. The smallest absolute Gasteiger partial charge is 0.235 e. The van der Waals surface area contributed by atoms with Crippen LogP contribution in [0.25, 0.3) is 99.8 Å². The van der Waals surface area contributed by atoms with Gasteiger partial charge in [0.2, 0.25) is 5.95 Å². The van der Waals surface area contributed by atoms with Crippen molar-refractivity contribution in [1.29, 1.82) is 0 Å². The summed E-state index contributed by atoms with van der Waals surface area (Å²) in [5.74, 6) is 0.681. The minimum Gasteiger partial charge on any atom is -0.278 e. The van der Waals surface area contributed by atoms with E-state index in [-0.39, 0.29) is 5.41 Å². The largest absolute Gasteiger partial charge is 0.278 e. The van der Waals surface area contributed by atoms with Crippen molar-refractivity contribution in [2.45, 2.75) is 25.7 Å². The van der Waals surface area contributed by atoms with E-state index >= 15 is 0 Å². The highest BCUT2D eigenvalue weighted by molar-refractivity contribution is 6.19. The van der Waals surface area contributed by atoms with E-state index in [0.29, 0.717) is 5.95 Å². The standard InChI is InChI=1S/C52H35N3/c1-52(2)44-20-9-7-17-38(44)41-28-37-16-11-19-40-48(37)43(49(41)52)29-42-39-18-8-10-21-47(39)55(50(40)42)51-53-45(35-24-22-31-12-3-5-14-33(31)26-35)30-46(54-51)36-25-23-32-13-4-6-15-34(32)27-36/h3-18,20-30H,19H2,1-2H3. The molecule has 8 aromatic carbocycles. The molecule has 0 amide bonds. The maximum atomic E-state index is 5.48. The quantitative estimate of drug-likeness (QED) is 0.184. The molecule has 0 radical (unpaired) electrons. The first kappa shape index (κ1) is 30.6. The molecule has 0 N–H and O–H groups in total. The second-order valence-electron chi connectivity index (χ2n) is 15.8. The van der Waals surface area contributed by atoms with Gasteiger partial charge in [-0.05, 0) is 109 Å². The molecule has 0 spiro atoms. The van der Waals surface area contributed by atoms with Gasteiger partial charge >= 0.3 is 0 Å². The van der Waals surface area contributed by atoms with Gasteiger partial charge in [0.25, 0.3) is 0 Å². The molecule has 12 rings (SSSR count). The van der Waals surface area contributed by atoms with Crippen molar-refractivity contribution >= 4 is 60.2 Å². The average Bonchev–Trinajstić information content (AvgIpc) is 3.69. The van der Waals surface area contributed by atoms with Gasteiger partial charge in [-0.15, -0.1) is 0 Å². The fourth-order valence-corrected chi connectivity index (χ4v) is 9.83. The van der Waals surface area contributed by atoms with Crippen molar-refractivity contribution in [1.82, 2.24) is 14.5 Å². The molecule has 0 saturated heterocycles. The highest BCUT2D eigenvalue weighted by Crippen LogP contribution is 2.54. The van der Waals surface area contributed by atoms with E-state index in [9.17, 15) is 0 Å². The van der Waals surface area contributed by atoms with E-state index in [1.54, 1.807) is 0 Å². The van der Waals surface area contributed by atoms with E-state index in [1.165, 1.54) is 82.0 Å². The molecule has 55 heavy (non-hydrogen) atoms. The summed E-state index contributed by atoms with van der Waals surface area (Å²) < 4.78 is 2.35. The topological polar surface area (TPSA) is 30.7 Å². The van der Waals surface area contributed by atoms with Crippen LogP contribution in [0, 0.1) is 0 Å². The minimum absolute atomic E-state index is 0.124. The molecule has 0 atom stereocenters. The molecule has 0 fully saturated rings. The molecule has 3 nitrogen and oxygen atoms in total. The Hall–Kier alpha value is -6.84. The molecule has 3 heteroatoms. The number of hydrogen-bond acceptors (Lipinski definition) is 2. The number of rotatable bonds is 3. The molecule has 258 valence electrons. The van der Waals surface area contributed by atoms with Crippen molar-refractivity contribution in [3.63, 3.8) is 0 Å². The molecule has 0 bridgehead atoms. The van der Waals surface area contributed by atoms with Crippen LogP contribution < -0.4 is 0 Å². The summed E-state index contributed by atoms with van der Waals surface area (Å²) in [6.07, 6.45) is 5.51. The molecule has 0 saturated carbocycles. The van der Waals surface area contributed by atoms with Crippen molar-refractivity contribution in [2.75, 3.05) is 0 Å². The van der Waals surface area contributed by atoms with Crippen molar-refractivity contribution in [3.05, 3.63) is 180 Å². The zero-order valence-corrected chi connectivity index (χ0v) is 30.6. The van der Waals surface area contributed by atoms with E-state index < -0.39 is 0 Å². The average molecular weight is 702 g/mol. The Kier molecular flexibility index (Phi) is 6.17. The lowest BCUT2D eigenvalue weighted by Crippen LogP contribution is -2.16. The molecular formula is C52H35N3. The molecule has 2 aliphatic carbocycles. The van der Waals surface area contributed by atoms with E-state index in [0.717, 1.165) is 34.5 Å². The Bertz CT molecular complexity index is 3230. The van der Waals surface area contributed by atoms with Crippen LogP contribution in [0.1, 0.15) is 36.1 Å². The van der Waals surface area contributed by atoms with Crippen molar-refractivity contribution < 1.29 is 0 Å². The van der Waals surface area contributed by atoms with Gasteiger partial charge in [-0.1, -0.05) is 141 Å². The number of allylic oxidation sites excluding steroid dienone is 1. The molecule has 10 aromatic rings. The molecule has 0 aliphatic heterocycles.